The van der Waals surface area contributed by atoms with E-state index in [1.165, 1.54) is 0 Å². The Balaban J connectivity index is 2.06. The lowest BCUT2D eigenvalue weighted by atomic mass is 9.69. The Kier molecular flexibility index (Phi) is 4.68. The number of hydrogen-bond donors (Lipinski definition) is 2. The Bertz CT molecular complexity index is 375. The first kappa shape index (κ1) is 15.3. The maximum absolute atomic E-state index is 12.9. The molecule has 0 aromatic rings. The summed E-state index contributed by atoms with van der Waals surface area (Å²) < 4.78 is 0. The lowest BCUT2D eigenvalue weighted by Gasteiger charge is -2.42. The summed E-state index contributed by atoms with van der Waals surface area (Å²) >= 11 is 0. The molecule has 0 aromatic heterocycles. The third kappa shape index (κ3) is 2.97. The van der Waals surface area contributed by atoms with Crippen LogP contribution in [0.3, 0.4) is 0 Å². The molecule has 0 radical (unpaired) electrons. The Hall–Kier alpha value is -1.10. The van der Waals surface area contributed by atoms with E-state index in [0.29, 0.717) is 19.0 Å². The van der Waals surface area contributed by atoms with E-state index < -0.39 is 5.41 Å². The minimum Gasteiger partial charge on any atom is -0.369 e. The zero-order valence-electron chi connectivity index (χ0n) is 12.4. The molecule has 0 bridgehead atoms. The Morgan fingerprint density at radius 2 is 1.90 bits per heavy atom. The fraction of sp³-hybridized carbons (Fsp3) is 0.867. The predicted octanol–water partition coefficient (Wildman–Crippen LogP) is 0.866. The third-order valence-electron chi connectivity index (χ3n) is 5.19. The van der Waals surface area contributed by atoms with E-state index in [1.54, 1.807) is 0 Å². The van der Waals surface area contributed by atoms with E-state index >= 15 is 0 Å². The summed E-state index contributed by atoms with van der Waals surface area (Å²) in [6.07, 6.45) is 5.54. The summed E-state index contributed by atoms with van der Waals surface area (Å²) in [6, 6.07) is 0. The largest absolute Gasteiger partial charge is 0.369 e. The van der Waals surface area contributed by atoms with E-state index in [4.69, 9.17) is 11.5 Å². The molecule has 1 heterocycles. The first-order valence-corrected chi connectivity index (χ1v) is 7.77. The smallest absolute Gasteiger partial charge is 0.230 e. The highest BCUT2D eigenvalue weighted by molar-refractivity contribution is 5.84. The number of piperidine rings is 1. The fourth-order valence-corrected chi connectivity index (χ4v) is 3.55. The molecular formula is C15H27N3O2. The maximum Gasteiger partial charge on any atom is 0.230 e. The zero-order chi connectivity index (χ0) is 14.8. The van der Waals surface area contributed by atoms with Crippen molar-refractivity contribution in [3.63, 3.8) is 0 Å². The first-order valence-electron chi connectivity index (χ1n) is 7.77. The molecular weight excluding hydrogens is 254 g/mol. The number of likely N-dealkylation sites (tertiary alicyclic amines) is 1. The summed E-state index contributed by atoms with van der Waals surface area (Å²) in [5, 5.41) is 0. The second-order valence-electron chi connectivity index (χ2n) is 6.66. The minimum atomic E-state index is -0.397. The number of nitrogens with zero attached hydrogens (tertiary/aromatic N) is 1. The molecule has 0 spiro atoms. The molecule has 1 atom stereocenters. The van der Waals surface area contributed by atoms with Gasteiger partial charge in [-0.25, -0.2) is 0 Å². The van der Waals surface area contributed by atoms with Gasteiger partial charge in [0.1, 0.15) is 0 Å². The standard InChI is InChI=1S/C15H27N3O2/c1-11-4-6-15(10-16,7-5-11)14(20)18-8-2-3-12(9-18)13(17)19/h11-12H,2-10,16H2,1H3,(H2,17,19). The van der Waals surface area contributed by atoms with Gasteiger partial charge in [0.2, 0.25) is 11.8 Å². The van der Waals surface area contributed by atoms with Crippen molar-refractivity contribution < 1.29 is 9.59 Å². The zero-order valence-corrected chi connectivity index (χ0v) is 12.4. The lowest BCUT2D eigenvalue weighted by molar-refractivity contribution is -0.146. The number of rotatable bonds is 3. The van der Waals surface area contributed by atoms with Crippen LogP contribution >= 0.6 is 0 Å². The molecule has 1 saturated heterocycles. The normalized spacial score (nSPS) is 34.8. The van der Waals surface area contributed by atoms with Crippen LogP contribution in [0.1, 0.15) is 45.4 Å². The monoisotopic (exact) mass is 281 g/mol. The van der Waals surface area contributed by atoms with Gasteiger partial charge in [0.15, 0.2) is 0 Å². The number of amides is 2. The van der Waals surface area contributed by atoms with Crippen LogP contribution in [0.25, 0.3) is 0 Å². The van der Waals surface area contributed by atoms with E-state index in [9.17, 15) is 9.59 Å². The molecule has 2 fully saturated rings. The molecule has 2 rings (SSSR count). The van der Waals surface area contributed by atoms with Gasteiger partial charge in [-0.2, -0.15) is 0 Å². The Morgan fingerprint density at radius 3 is 2.45 bits per heavy atom. The van der Waals surface area contributed by atoms with Crippen LogP contribution in [-0.4, -0.2) is 36.3 Å². The van der Waals surface area contributed by atoms with Crippen molar-refractivity contribution >= 4 is 11.8 Å². The van der Waals surface area contributed by atoms with Crippen LogP contribution in [0.2, 0.25) is 0 Å². The van der Waals surface area contributed by atoms with Crippen molar-refractivity contribution in [2.45, 2.75) is 45.4 Å². The Morgan fingerprint density at radius 1 is 1.25 bits per heavy atom. The number of carbonyl (C=O) groups is 2. The number of primary amides is 1. The average molecular weight is 281 g/mol. The average Bonchev–Trinajstić information content (AvgIpc) is 2.48. The molecule has 5 nitrogen and oxygen atoms in total. The van der Waals surface area contributed by atoms with Gasteiger partial charge in [0, 0.05) is 19.6 Å². The number of nitrogens with two attached hydrogens (primary N) is 2. The molecule has 1 unspecified atom stereocenters. The molecule has 1 saturated carbocycles. The second kappa shape index (κ2) is 6.12. The van der Waals surface area contributed by atoms with E-state index in [-0.39, 0.29) is 17.7 Å². The van der Waals surface area contributed by atoms with Gasteiger partial charge in [-0.15, -0.1) is 0 Å². The van der Waals surface area contributed by atoms with Crippen molar-refractivity contribution in [2.75, 3.05) is 19.6 Å². The van der Waals surface area contributed by atoms with Gasteiger partial charge in [0.25, 0.3) is 0 Å². The van der Waals surface area contributed by atoms with Crippen LogP contribution in [0.15, 0.2) is 0 Å². The lowest BCUT2D eigenvalue weighted by Crippen LogP contribution is -2.53. The molecule has 2 amide bonds. The van der Waals surface area contributed by atoms with E-state index in [2.05, 4.69) is 6.92 Å². The number of hydrogen-bond acceptors (Lipinski definition) is 3. The highest BCUT2D eigenvalue weighted by Gasteiger charge is 2.43. The SMILES string of the molecule is CC1CCC(CN)(C(=O)N2CCCC(C(N)=O)C2)CC1. The molecule has 1 aliphatic carbocycles. The highest BCUT2D eigenvalue weighted by Crippen LogP contribution is 2.40. The molecule has 1 aliphatic heterocycles. The molecule has 2 aliphatic rings. The summed E-state index contributed by atoms with van der Waals surface area (Å²) in [4.78, 5) is 26.1. The predicted molar refractivity (Wildman–Crippen MR) is 77.6 cm³/mol. The fourth-order valence-electron chi connectivity index (χ4n) is 3.55. The summed E-state index contributed by atoms with van der Waals surface area (Å²) in [6.45, 7) is 3.86. The van der Waals surface area contributed by atoms with Crippen LogP contribution in [0.5, 0.6) is 0 Å². The van der Waals surface area contributed by atoms with Gasteiger partial charge in [-0.05, 0) is 44.4 Å². The van der Waals surface area contributed by atoms with Crippen LogP contribution < -0.4 is 11.5 Å². The van der Waals surface area contributed by atoms with Gasteiger partial charge >= 0.3 is 0 Å². The van der Waals surface area contributed by atoms with Gasteiger partial charge in [-0.3, -0.25) is 9.59 Å². The molecule has 20 heavy (non-hydrogen) atoms. The van der Waals surface area contributed by atoms with Gasteiger partial charge in [0.05, 0.1) is 11.3 Å². The molecule has 114 valence electrons. The van der Waals surface area contributed by atoms with Crippen LogP contribution in [0, 0.1) is 17.3 Å². The minimum absolute atomic E-state index is 0.151. The van der Waals surface area contributed by atoms with E-state index in [0.717, 1.165) is 45.1 Å². The van der Waals surface area contributed by atoms with Crippen LogP contribution in [0.4, 0.5) is 0 Å². The summed E-state index contributed by atoms with van der Waals surface area (Å²) in [7, 11) is 0. The molecule has 0 aromatic carbocycles. The van der Waals surface area contributed by atoms with Crippen molar-refractivity contribution in [3.8, 4) is 0 Å². The van der Waals surface area contributed by atoms with Crippen molar-refractivity contribution in [1.29, 1.82) is 0 Å². The molecule has 5 heteroatoms. The van der Waals surface area contributed by atoms with E-state index in [1.807, 2.05) is 4.90 Å². The summed E-state index contributed by atoms with van der Waals surface area (Å²) in [5.41, 5.74) is 10.9. The summed E-state index contributed by atoms with van der Waals surface area (Å²) in [5.74, 6) is 0.353. The van der Waals surface area contributed by atoms with Crippen molar-refractivity contribution in [2.24, 2.45) is 28.7 Å². The number of carbonyl (C=O) groups excluding carboxylic acids is 2. The van der Waals surface area contributed by atoms with Crippen molar-refractivity contribution in [1.82, 2.24) is 4.90 Å². The highest BCUT2D eigenvalue weighted by atomic mass is 16.2. The van der Waals surface area contributed by atoms with Gasteiger partial charge in [-0.1, -0.05) is 6.92 Å². The van der Waals surface area contributed by atoms with Crippen molar-refractivity contribution in [3.05, 3.63) is 0 Å². The quantitative estimate of drug-likeness (QED) is 0.804. The topological polar surface area (TPSA) is 89.4 Å². The third-order valence-corrected chi connectivity index (χ3v) is 5.19. The second-order valence-corrected chi connectivity index (χ2v) is 6.66. The first-order chi connectivity index (χ1) is 9.48. The Labute approximate surface area is 121 Å². The maximum atomic E-state index is 12.9. The van der Waals surface area contributed by atoms with Gasteiger partial charge < -0.3 is 16.4 Å². The van der Waals surface area contributed by atoms with Crippen LogP contribution in [-0.2, 0) is 9.59 Å². The molecule has 4 N–H and O–H groups in total.